The number of ether oxygens (including phenoxy) is 1. The third kappa shape index (κ3) is 3.35. The minimum absolute atomic E-state index is 0.0130. The average molecular weight is 338 g/mol. The lowest BCUT2D eigenvalue weighted by Gasteiger charge is -2.35. The summed E-state index contributed by atoms with van der Waals surface area (Å²) in [5.41, 5.74) is 0.0589. The molecule has 1 atom stereocenters. The summed E-state index contributed by atoms with van der Waals surface area (Å²) in [4.78, 5) is 36.8. The number of aliphatic carboxylic acids is 1. The zero-order valence-electron chi connectivity index (χ0n) is 14.1. The van der Waals surface area contributed by atoms with Gasteiger partial charge in [-0.2, -0.15) is 0 Å². The molecule has 3 fully saturated rings. The van der Waals surface area contributed by atoms with Crippen LogP contribution in [-0.2, 0) is 14.3 Å². The van der Waals surface area contributed by atoms with Gasteiger partial charge >= 0.3 is 18.0 Å². The van der Waals surface area contributed by atoms with Crippen molar-refractivity contribution in [1.29, 1.82) is 0 Å². The summed E-state index contributed by atoms with van der Waals surface area (Å²) in [6, 6.07) is 0.0200. The number of amides is 2. The van der Waals surface area contributed by atoms with Crippen molar-refractivity contribution in [3.63, 3.8) is 0 Å². The van der Waals surface area contributed by atoms with E-state index in [0.717, 1.165) is 32.1 Å². The number of hydrogen-bond donors (Lipinski definition) is 2. The third-order valence-corrected chi connectivity index (χ3v) is 6.13. The third-order valence-electron chi connectivity index (χ3n) is 6.13. The maximum atomic E-state index is 12.4. The first kappa shape index (κ1) is 17.0. The van der Waals surface area contributed by atoms with Crippen LogP contribution in [0, 0.1) is 17.3 Å². The summed E-state index contributed by atoms with van der Waals surface area (Å²) in [6.45, 7) is 1.34. The molecule has 2 N–H and O–H groups in total. The Morgan fingerprint density at radius 1 is 1.12 bits per heavy atom. The van der Waals surface area contributed by atoms with E-state index in [2.05, 4.69) is 5.32 Å². The summed E-state index contributed by atoms with van der Waals surface area (Å²) < 4.78 is 4.83. The SMILES string of the molecule is COC(=O)C1CC12CCN(C(=O)NC1CCC(C(=O)O)CC1)CC2. The number of methoxy groups -OCH3 is 1. The number of carbonyl (C=O) groups excluding carboxylic acids is 2. The average Bonchev–Trinajstić information content (AvgIpc) is 3.28. The van der Waals surface area contributed by atoms with Crippen LogP contribution in [0.2, 0.25) is 0 Å². The van der Waals surface area contributed by atoms with E-state index >= 15 is 0 Å². The van der Waals surface area contributed by atoms with Crippen LogP contribution >= 0.6 is 0 Å². The summed E-state index contributed by atoms with van der Waals surface area (Å²) in [5.74, 6) is -1.11. The molecule has 0 radical (unpaired) electrons. The van der Waals surface area contributed by atoms with Crippen LogP contribution in [0.15, 0.2) is 0 Å². The van der Waals surface area contributed by atoms with Gasteiger partial charge in [0.05, 0.1) is 18.9 Å². The Bertz CT molecular complexity index is 519. The molecule has 1 saturated heterocycles. The summed E-state index contributed by atoms with van der Waals surface area (Å²) in [5, 5.41) is 12.1. The largest absolute Gasteiger partial charge is 0.481 e. The molecule has 24 heavy (non-hydrogen) atoms. The molecule has 0 aromatic rings. The maximum Gasteiger partial charge on any atom is 0.317 e. The van der Waals surface area contributed by atoms with Crippen LogP contribution in [0.4, 0.5) is 4.79 Å². The number of carbonyl (C=O) groups is 3. The topological polar surface area (TPSA) is 95.9 Å². The number of likely N-dealkylation sites (tertiary alicyclic amines) is 1. The van der Waals surface area contributed by atoms with E-state index in [4.69, 9.17) is 9.84 Å². The van der Waals surface area contributed by atoms with Gasteiger partial charge in [0.25, 0.3) is 0 Å². The normalized spacial score (nSPS) is 31.4. The Labute approximate surface area is 141 Å². The van der Waals surface area contributed by atoms with Crippen molar-refractivity contribution in [1.82, 2.24) is 10.2 Å². The van der Waals surface area contributed by atoms with Crippen molar-refractivity contribution in [2.75, 3.05) is 20.2 Å². The van der Waals surface area contributed by atoms with Crippen LogP contribution in [0.3, 0.4) is 0 Å². The van der Waals surface area contributed by atoms with Crippen LogP contribution in [0.5, 0.6) is 0 Å². The predicted molar refractivity (Wildman–Crippen MR) is 85.3 cm³/mol. The molecule has 0 aromatic heterocycles. The van der Waals surface area contributed by atoms with Crippen LogP contribution in [-0.4, -0.2) is 54.2 Å². The Hall–Kier alpha value is -1.79. The quantitative estimate of drug-likeness (QED) is 0.762. The van der Waals surface area contributed by atoms with Crippen molar-refractivity contribution in [3.05, 3.63) is 0 Å². The van der Waals surface area contributed by atoms with Gasteiger partial charge in [-0.25, -0.2) is 4.79 Å². The summed E-state index contributed by atoms with van der Waals surface area (Å²) in [7, 11) is 1.43. The maximum absolute atomic E-state index is 12.4. The van der Waals surface area contributed by atoms with Gasteiger partial charge in [-0.1, -0.05) is 0 Å². The van der Waals surface area contributed by atoms with Crippen molar-refractivity contribution >= 4 is 18.0 Å². The number of carboxylic acids is 1. The smallest absolute Gasteiger partial charge is 0.317 e. The van der Waals surface area contributed by atoms with E-state index in [1.165, 1.54) is 7.11 Å². The highest BCUT2D eigenvalue weighted by atomic mass is 16.5. The Morgan fingerprint density at radius 3 is 2.29 bits per heavy atom. The monoisotopic (exact) mass is 338 g/mol. The van der Waals surface area contributed by atoms with E-state index in [1.807, 2.05) is 4.90 Å². The van der Waals surface area contributed by atoms with Crippen molar-refractivity contribution in [2.24, 2.45) is 17.3 Å². The minimum atomic E-state index is -0.731. The van der Waals surface area contributed by atoms with Crippen molar-refractivity contribution < 1.29 is 24.2 Å². The predicted octanol–water partition coefficient (Wildman–Crippen LogP) is 1.61. The number of rotatable bonds is 3. The van der Waals surface area contributed by atoms with Crippen LogP contribution in [0.25, 0.3) is 0 Å². The Kier molecular flexibility index (Phi) is 4.69. The highest BCUT2D eigenvalue weighted by molar-refractivity contribution is 5.77. The zero-order valence-corrected chi connectivity index (χ0v) is 14.1. The van der Waals surface area contributed by atoms with Gasteiger partial charge in [-0.15, -0.1) is 0 Å². The van der Waals surface area contributed by atoms with Crippen molar-refractivity contribution in [3.8, 4) is 0 Å². The summed E-state index contributed by atoms with van der Waals surface area (Å²) in [6.07, 6.45) is 5.30. The van der Waals surface area contributed by atoms with Gasteiger partial charge in [0.2, 0.25) is 0 Å². The molecule has 2 aliphatic carbocycles. The number of nitrogens with zero attached hydrogens (tertiary/aromatic N) is 1. The number of piperidine rings is 1. The van der Waals surface area contributed by atoms with Crippen LogP contribution < -0.4 is 5.32 Å². The van der Waals surface area contributed by atoms with E-state index < -0.39 is 5.97 Å². The molecule has 1 unspecified atom stereocenters. The van der Waals surface area contributed by atoms with Gasteiger partial charge in [-0.05, 0) is 50.4 Å². The second-order valence-electron chi connectivity index (χ2n) is 7.47. The lowest BCUT2D eigenvalue weighted by Crippen LogP contribution is -2.49. The molecule has 3 rings (SSSR count). The zero-order chi connectivity index (χ0) is 17.3. The fraction of sp³-hybridized carbons (Fsp3) is 0.824. The first-order chi connectivity index (χ1) is 11.4. The van der Waals surface area contributed by atoms with Gasteiger partial charge in [0.1, 0.15) is 0 Å². The van der Waals surface area contributed by atoms with Crippen LogP contribution in [0.1, 0.15) is 44.9 Å². The van der Waals surface area contributed by atoms with E-state index in [1.54, 1.807) is 0 Å². The number of hydrogen-bond acceptors (Lipinski definition) is 4. The van der Waals surface area contributed by atoms with E-state index in [9.17, 15) is 14.4 Å². The number of urea groups is 1. The molecule has 0 aromatic carbocycles. The molecule has 7 heteroatoms. The lowest BCUT2D eigenvalue weighted by atomic mass is 9.86. The number of carboxylic acid groups (broad SMARTS) is 1. The molecule has 7 nitrogen and oxygen atoms in total. The standard InChI is InChI=1S/C17H26N2O5/c1-24-15(22)13-10-17(13)6-8-19(9-7-17)16(23)18-12-4-2-11(3-5-12)14(20)21/h11-13H,2-10H2,1H3,(H,18,23)(H,20,21). The van der Waals surface area contributed by atoms with Gasteiger partial charge in [0.15, 0.2) is 0 Å². The highest BCUT2D eigenvalue weighted by Gasteiger charge is 2.59. The van der Waals surface area contributed by atoms with Crippen molar-refractivity contribution in [2.45, 2.75) is 51.0 Å². The fourth-order valence-corrected chi connectivity index (χ4v) is 4.28. The molecular formula is C17H26N2O5. The van der Waals surface area contributed by atoms with Gasteiger partial charge < -0.3 is 20.1 Å². The molecule has 3 aliphatic rings. The van der Waals surface area contributed by atoms with E-state index in [-0.39, 0.29) is 35.3 Å². The Morgan fingerprint density at radius 2 is 1.75 bits per heavy atom. The first-order valence-electron chi connectivity index (χ1n) is 8.81. The molecule has 1 spiro atoms. The lowest BCUT2D eigenvalue weighted by molar-refractivity contribution is -0.144. The molecular weight excluding hydrogens is 312 g/mol. The fourth-order valence-electron chi connectivity index (χ4n) is 4.28. The van der Waals surface area contributed by atoms with E-state index in [0.29, 0.717) is 25.9 Å². The summed E-state index contributed by atoms with van der Waals surface area (Å²) >= 11 is 0. The highest BCUT2D eigenvalue weighted by Crippen LogP contribution is 2.59. The second-order valence-corrected chi connectivity index (χ2v) is 7.47. The molecule has 2 saturated carbocycles. The first-order valence-corrected chi connectivity index (χ1v) is 8.81. The molecule has 1 heterocycles. The number of nitrogens with one attached hydrogen (secondary N) is 1. The minimum Gasteiger partial charge on any atom is -0.481 e. The molecule has 2 amide bonds. The second kappa shape index (κ2) is 6.61. The molecule has 0 bridgehead atoms. The van der Waals surface area contributed by atoms with Gasteiger partial charge in [-0.3, -0.25) is 9.59 Å². The molecule has 134 valence electrons. The molecule has 1 aliphatic heterocycles. The Balaban J connectivity index is 1.42. The van der Waals surface area contributed by atoms with Gasteiger partial charge in [0, 0.05) is 19.1 Å². The number of esters is 1.